The summed E-state index contributed by atoms with van der Waals surface area (Å²) in [5, 5.41) is 2.98. The van der Waals surface area contributed by atoms with Gasteiger partial charge in [-0.1, -0.05) is 151 Å². The van der Waals surface area contributed by atoms with E-state index in [0.29, 0.717) is 49.4 Å². The molecule has 9 aromatic rings. The van der Waals surface area contributed by atoms with Crippen molar-refractivity contribution in [1.29, 1.82) is 0 Å². The lowest BCUT2D eigenvalue weighted by Crippen LogP contribution is -1.93. The minimum atomic E-state index is -0.486. The van der Waals surface area contributed by atoms with Gasteiger partial charge < -0.3 is 4.42 Å². The van der Waals surface area contributed by atoms with Crippen LogP contribution in [0.15, 0.2) is 174 Å². The highest BCUT2D eigenvalue weighted by Gasteiger charge is 2.21. The summed E-state index contributed by atoms with van der Waals surface area (Å²) in [5.74, 6) is 0. The lowest BCUT2D eigenvalue weighted by molar-refractivity contribution is 0.669. The summed E-state index contributed by atoms with van der Waals surface area (Å²) >= 11 is 0. The minimum absolute atomic E-state index is 0.0163. The van der Waals surface area contributed by atoms with E-state index in [-0.39, 0.29) is 80.9 Å². The number of hydrogen-bond donors (Lipinski definition) is 0. The van der Waals surface area contributed by atoms with Crippen molar-refractivity contribution in [2.75, 3.05) is 0 Å². The molecule has 1 heteroatoms. The molecule has 0 N–H and O–H groups in total. The summed E-state index contributed by atoms with van der Waals surface area (Å²) in [6, 6.07) is 27.3. The van der Waals surface area contributed by atoms with Crippen molar-refractivity contribution in [1.82, 2.24) is 0 Å². The highest BCUT2D eigenvalue weighted by Crippen LogP contribution is 2.48. The normalized spacial score (nSPS) is 15.0. The molecular weight excluding hydrogens is 544 g/mol. The van der Waals surface area contributed by atoms with Crippen LogP contribution in [0.5, 0.6) is 0 Å². The second-order valence-corrected chi connectivity index (χ2v) is 10.8. The van der Waals surface area contributed by atoms with Crippen LogP contribution in [0.2, 0.25) is 0 Å². The molecule has 0 saturated carbocycles. The summed E-state index contributed by atoms with van der Waals surface area (Å²) < 4.78 is 104. The molecule has 0 bridgehead atoms. The smallest absolute Gasteiger partial charge is 0.136 e. The van der Waals surface area contributed by atoms with Crippen molar-refractivity contribution in [2.24, 2.45) is 0 Å². The van der Waals surface area contributed by atoms with Crippen LogP contribution in [-0.2, 0) is 0 Å². The molecule has 1 nitrogen and oxygen atoms in total. The Morgan fingerprint density at radius 3 is 1.67 bits per heavy atom. The summed E-state index contributed by atoms with van der Waals surface area (Å²) in [5.41, 5.74) is 3.23. The van der Waals surface area contributed by atoms with E-state index in [1.165, 1.54) is 0 Å². The third kappa shape index (κ3) is 4.09. The first kappa shape index (κ1) is 16.8. The third-order valence-electron chi connectivity index (χ3n) is 8.28. The first-order chi connectivity index (χ1) is 26.9. The van der Waals surface area contributed by atoms with E-state index in [1.807, 2.05) is 66.7 Å². The van der Waals surface area contributed by atoms with Crippen LogP contribution in [0, 0.1) is 0 Å². The van der Waals surface area contributed by atoms with Crippen LogP contribution < -0.4 is 0 Å². The maximum absolute atomic E-state index is 9.45. The van der Waals surface area contributed by atoms with Gasteiger partial charge in [-0.25, -0.2) is 0 Å². The molecule has 0 aliphatic heterocycles. The van der Waals surface area contributed by atoms with Gasteiger partial charge in [0.1, 0.15) is 11.2 Å². The second kappa shape index (κ2) is 10.4. The van der Waals surface area contributed by atoms with Gasteiger partial charge in [-0.3, -0.25) is 0 Å². The monoisotopic (exact) mass is 583 g/mol. The van der Waals surface area contributed by atoms with Gasteiger partial charge in [0.15, 0.2) is 0 Å². The van der Waals surface area contributed by atoms with E-state index < -0.39 is 24.2 Å². The van der Waals surface area contributed by atoms with Crippen molar-refractivity contribution in [3.05, 3.63) is 170 Å². The highest BCUT2D eigenvalue weighted by molar-refractivity contribution is 6.26. The van der Waals surface area contributed by atoms with Gasteiger partial charge in [0.2, 0.25) is 0 Å². The third-order valence-corrected chi connectivity index (χ3v) is 8.28. The molecule has 0 radical (unpaired) electrons. The van der Waals surface area contributed by atoms with Crippen LogP contribution in [0.1, 0.15) is 15.1 Å². The molecule has 0 amide bonds. The van der Waals surface area contributed by atoms with Gasteiger partial charge in [-0.2, -0.15) is 0 Å². The molecule has 8 aromatic carbocycles. The maximum atomic E-state index is 9.45. The Hall–Kier alpha value is -5.92. The minimum Gasteiger partial charge on any atom is -0.456 e. The number of fused-ring (bicyclic) bond motifs is 5. The summed E-state index contributed by atoms with van der Waals surface area (Å²) in [4.78, 5) is 0. The fraction of sp³-hybridized carbons (Fsp3) is 0. The maximum Gasteiger partial charge on any atom is 0.136 e. The SMILES string of the molecule is [2H]c1c([2H])c([2H])c(-c2ccccc2-c2c3ccccc3c(-c3c([2H])c([2H])c([2H])c4oc5c([2H])c(-c6ccccc6)c([2H])c([2H])c5c34)c3ccccc23)c([2H])c1[2H]. The van der Waals surface area contributed by atoms with Gasteiger partial charge >= 0.3 is 0 Å². The lowest BCUT2D eigenvalue weighted by Gasteiger charge is -2.20. The van der Waals surface area contributed by atoms with Gasteiger partial charge in [0, 0.05) is 10.8 Å². The van der Waals surface area contributed by atoms with Crippen LogP contribution >= 0.6 is 0 Å². The molecule has 0 spiro atoms. The van der Waals surface area contributed by atoms with Gasteiger partial charge in [-0.05, 0) is 84.2 Å². The Kier molecular flexibility index (Phi) is 3.87. The number of hydrogen-bond acceptors (Lipinski definition) is 1. The number of benzene rings is 8. The van der Waals surface area contributed by atoms with Crippen molar-refractivity contribution in [2.45, 2.75) is 0 Å². The Labute approximate surface area is 277 Å². The topological polar surface area (TPSA) is 13.1 Å². The van der Waals surface area contributed by atoms with Crippen LogP contribution in [0.25, 0.3) is 88.0 Å². The standard InChI is InChI=1S/C44H28O/c1-3-14-29(15-4-1)31-26-27-38-41(28-31)45-40-25-13-24-39(44(38)40)43-36-22-11-9-20-34(36)42(35-21-10-12-23-37(35)43)33-19-8-7-18-32(33)30-16-5-2-6-17-30/h1-28H/i2D,5D,6D,13D,16D,17D,24D,25D,26D,27D,28D. The first-order valence-electron chi connectivity index (χ1n) is 20.1. The van der Waals surface area contributed by atoms with E-state index in [9.17, 15) is 4.11 Å². The molecule has 0 atom stereocenters. The summed E-state index contributed by atoms with van der Waals surface area (Å²) in [7, 11) is 0. The first-order valence-corrected chi connectivity index (χ1v) is 14.6. The number of furan rings is 1. The van der Waals surface area contributed by atoms with Crippen LogP contribution in [-0.4, -0.2) is 0 Å². The zero-order valence-corrected chi connectivity index (χ0v) is 23.7. The van der Waals surface area contributed by atoms with Gasteiger partial charge in [-0.15, -0.1) is 0 Å². The Morgan fingerprint density at radius 2 is 0.978 bits per heavy atom. The average Bonchev–Trinajstić information content (AvgIpc) is 3.62. The van der Waals surface area contributed by atoms with E-state index in [4.69, 9.17) is 15.4 Å². The predicted molar refractivity (Wildman–Crippen MR) is 190 cm³/mol. The zero-order valence-electron chi connectivity index (χ0n) is 34.7. The van der Waals surface area contributed by atoms with Gasteiger partial charge in [0.05, 0.1) is 15.1 Å². The second-order valence-electron chi connectivity index (χ2n) is 10.8. The summed E-state index contributed by atoms with van der Waals surface area (Å²) in [6.07, 6.45) is 0. The average molecular weight is 584 g/mol. The van der Waals surface area contributed by atoms with E-state index in [0.717, 1.165) is 0 Å². The van der Waals surface area contributed by atoms with E-state index in [1.54, 1.807) is 36.4 Å². The molecule has 45 heavy (non-hydrogen) atoms. The summed E-state index contributed by atoms with van der Waals surface area (Å²) in [6.45, 7) is 0. The van der Waals surface area contributed by atoms with Gasteiger partial charge in [0.25, 0.3) is 0 Å². The molecule has 0 aliphatic carbocycles. The molecule has 1 heterocycles. The molecule has 0 unspecified atom stereocenters. The zero-order chi connectivity index (χ0) is 39.3. The molecule has 0 fully saturated rings. The van der Waals surface area contributed by atoms with Crippen molar-refractivity contribution in [3.8, 4) is 44.5 Å². The Bertz CT molecular complexity index is 3070. The van der Waals surface area contributed by atoms with E-state index in [2.05, 4.69) is 0 Å². The number of rotatable bonds is 4. The van der Waals surface area contributed by atoms with Crippen molar-refractivity contribution >= 4 is 43.5 Å². The van der Waals surface area contributed by atoms with E-state index >= 15 is 0 Å². The van der Waals surface area contributed by atoms with Crippen LogP contribution in [0.3, 0.4) is 0 Å². The van der Waals surface area contributed by atoms with Crippen LogP contribution in [0.4, 0.5) is 0 Å². The quantitative estimate of drug-likeness (QED) is 0.188. The predicted octanol–water partition coefficient (Wildman–Crippen LogP) is 12.6. The molecular formula is C44H28O. The Balaban J connectivity index is 1.45. The fourth-order valence-corrected chi connectivity index (χ4v) is 6.38. The lowest BCUT2D eigenvalue weighted by atomic mass is 9.83. The largest absolute Gasteiger partial charge is 0.456 e. The molecule has 210 valence electrons. The molecule has 0 saturated heterocycles. The molecule has 1 aromatic heterocycles. The van der Waals surface area contributed by atoms with Crippen molar-refractivity contribution < 1.29 is 19.5 Å². The Morgan fingerprint density at radius 1 is 0.378 bits per heavy atom. The fourth-order valence-electron chi connectivity index (χ4n) is 6.38. The highest BCUT2D eigenvalue weighted by atomic mass is 16.3. The van der Waals surface area contributed by atoms with Crippen molar-refractivity contribution in [3.63, 3.8) is 0 Å². The molecule has 9 rings (SSSR count). The molecule has 0 aliphatic rings.